The summed E-state index contributed by atoms with van der Waals surface area (Å²) in [6.07, 6.45) is 64.6. The average Bonchev–Trinajstić information content (AvgIpc) is 3.28. The zero-order chi connectivity index (χ0) is 45.8. The van der Waals surface area contributed by atoms with Crippen LogP contribution >= 0.6 is 0 Å². The van der Waals surface area contributed by atoms with Crippen molar-refractivity contribution in [1.29, 1.82) is 0 Å². The van der Waals surface area contributed by atoms with Crippen LogP contribution in [-0.2, 0) is 28.6 Å². The zero-order valence-electron chi connectivity index (χ0n) is 41.3. The molecular formula is C57H98O6. The van der Waals surface area contributed by atoms with Gasteiger partial charge in [0.1, 0.15) is 13.2 Å². The van der Waals surface area contributed by atoms with Gasteiger partial charge in [-0.25, -0.2) is 0 Å². The second kappa shape index (κ2) is 51.5. The van der Waals surface area contributed by atoms with E-state index in [9.17, 15) is 14.4 Å². The maximum absolute atomic E-state index is 12.8. The summed E-state index contributed by atoms with van der Waals surface area (Å²) >= 11 is 0. The molecule has 0 aromatic rings. The Balaban J connectivity index is 4.51. The van der Waals surface area contributed by atoms with Crippen molar-refractivity contribution in [2.24, 2.45) is 0 Å². The van der Waals surface area contributed by atoms with Crippen LogP contribution in [0.1, 0.15) is 252 Å². The van der Waals surface area contributed by atoms with E-state index in [1.54, 1.807) is 0 Å². The summed E-state index contributed by atoms with van der Waals surface area (Å²) in [5, 5.41) is 0. The summed E-state index contributed by atoms with van der Waals surface area (Å²) in [6, 6.07) is 0. The third-order valence-electron chi connectivity index (χ3n) is 11.2. The van der Waals surface area contributed by atoms with E-state index in [4.69, 9.17) is 14.2 Å². The molecule has 1 atom stereocenters. The van der Waals surface area contributed by atoms with Gasteiger partial charge < -0.3 is 14.2 Å². The summed E-state index contributed by atoms with van der Waals surface area (Å²) in [5.74, 6) is -0.995. The molecule has 0 heterocycles. The van der Waals surface area contributed by atoms with Crippen molar-refractivity contribution in [1.82, 2.24) is 0 Å². The highest BCUT2D eigenvalue weighted by atomic mass is 16.6. The Labute approximate surface area is 389 Å². The lowest BCUT2D eigenvalue weighted by atomic mass is 10.1. The molecule has 0 aliphatic carbocycles. The maximum Gasteiger partial charge on any atom is 0.306 e. The highest BCUT2D eigenvalue weighted by Crippen LogP contribution is 2.13. The van der Waals surface area contributed by atoms with Gasteiger partial charge in [0, 0.05) is 19.3 Å². The first-order valence-corrected chi connectivity index (χ1v) is 26.5. The molecule has 63 heavy (non-hydrogen) atoms. The van der Waals surface area contributed by atoms with Gasteiger partial charge in [0.15, 0.2) is 6.10 Å². The molecule has 0 saturated heterocycles. The normalized spacial score (nSPS) is 12.6. The van der Waals surface area contributed by atoms with Crippen LogP contribution in [0, 0.1) is 0 Å². The van der Waals surface area contributed by atoms with E-state index in [0.717, 1.165) is 83.5 Å². The number of ether oxygens (including phenoxy) is 3. The third-order valence-corrected chi connectivity index (χ3v) is 11.2. The van der Waals surface area contributed by atoms with Crippen LogP contribution in [0.5, 0.6) is 0 Å². The first kappa shape index (κ1) is 59.9. The highest BCUT2D eigenvalue weighted by molar-refractivity contribution is 5.71. The molecule has 0 aliphatic heterocycles. The minimum absolute atomic E-state index is 0.106. The largest absolute Gasteiger partial charge is 0.462 e. The minimum Gasteiger partial charge on any atom is -0.462 e. The van der Waals surface area contributed by atoms with Crippen molar-refractivity contribution in [2.75, 3.05) is 13.2 Å². The number of rotatable bonds is 47. The van der Waals surface area contributed by atoms with Crippen molar-refractivity contribution >= 4 is 17.9 Å². The molecule has 1 unspecified atom stereocenters. The molecule has 0 bridgehead atoms. The number of esters is 3. The first-order valence-electron chi connectivity index (χ1n) is 26.5. The molecule has 6 nitrogen and oxygen atoms in total. The van der Waals surface area contributed by atoms with Gasteiger partial charge in [-0.1, -0.05) is 203 Å². The molecule has 0 radical (unpaired) electrons. The van der Waals surface area contributed by atoms with E-state index < -0.39 is 6.10 Å². The minimum atomic E-state index is -0.812. The lowest BCUT2D eigenvalue weighted by Gasteiger charge is -2.18. The van der Waals surface area contributed by atoms with Crippen molar-refractivity contribution in [3.63, 3.8) is 0 Å². The SMILES string of the molecule is CCCCC/C=C\CCCCCCCC(=O)OCC(COC(=O)CCC/C=C\C/C=C\C/C=C\CCCCCCCC)OC(=O)CCCCC/C=C\C=C/CCCCCCCCC. The lowest BCUT2D eigenvalue weighted by Crippen LogP contribution is -2.30. The summed E-state index contributed by atoms with van der Waals surface area (Å²) in [5.41, 5.74) is 0. The highest BCUT2D eigenvalue weighted by Gasteiger charge is 2.19. The Morgan fingerprint density at radius 1 is 0.333 bits per heavy atom. The number of allylic oxidation sites excluding steroid dienone is 12. The molecule has 0 aliphatic rings. The first-order chi connectivity index (χ1) is 31.0. The number of carbonyl (C=O) groups is 3. The fraction of sp³-hybridized carbons (Fsp3) is 0.737. The van der Waals surface area contributed by atoms with Gasteiger partial charge in [-0.3, -0.25) is 14.4 Å². The fourth-order valence-corrected chi connectivity index (χ4v) is 7.15. The smallest absolute Gasteiger partial charge is 0.306 e. The van der Waals surface area contributed by atoms with Gasteiger partial charge in [-0.2, -0.15) is 0 Å². The van der Waals surface area contributed by atoms with Crippen LogP contribution < -0.4 is 0 Å². The van der Waals surface area contributed by atoms with Crippen LogP contribution in [-0.4, -0.2) is 37.2 Å². The van der Waals surface area contributed by atoms with Crippen LogP contribution in [0.2, 0.25) is 0 Å². The lowest BCUT2D eigenvalue weighted by molar-refractivity contribution is -0.167. The number of unbranched alkanes of at least 4 members (excludes halogenated alkanes) is 25. The van der Waals surface area contributed by atoms with E-state index in [1.165, 1.54) is 122 Å². The predicted octanol–water partition coefficient (Wildman–Crippen LogP) is 17.4. The van der Waals surface area contributed by atoms with E-state index in [0.29, 0.717) is 12.8 Å². The summed E-state index contributed by atoms with van der Waals surface area (Å²) in [7, 11) is 0. The zero-order valence-corrected chi connectivity index (χ0v) is 41.3. The second-order valence-corrected chi connectivity index (χ2v) is 17.5. The maximum atomic E-state index is 12.8. The molecule has 0 aromatic carbocycles. The van der Waals surface area contributed by atoms with Gasteiger partial charge in [0.2, 0.25) is 0 Å². The van der Waals surface area contributed by atoms with Gasteiger partial charge in [-0.05, 0) is 103 Å². The Bertz CT molecular complexity index is 1190. The van der Waals surface area contributed by atoms with Crippen molar-refractivity contribution in [3.8, 4) is 0 Å². The van der Waals surface area contributed by atoms with Crippen molar-refractivity contribution in [2.45, 2.75) is 258 Å². The summed E-state index contributed by atoms with van der Waals surface area (Å²) in [6.45, 7) is 6.53. The summed E-state index contributed by atoms with van der Waals surface area (Å²) in [4.78, 5) is 37.9. The Hall–Kier alpha value is -3.15. The molecule has 0 spiro atoms. The molecule has 6 heteroatoms. The molecule has 0 saturated carbocycles. The van der Waals surface area contributed by atoms with E-state index in [-0.39, 0.29) is 44.0 Å². The predicted molar refractivity (Wildman–Crippen MR) is 270 cm³/mol. The Morgan fingerprint density at radius 3 is 1.11 bits per heavy atom. The monoisotopic (exact) mass is 879 g/mol. The van der Waals surface area contributed by atoms with E-state index >= 15 is 0 Å². The van der Waals surface area contributed by atoms with E-state index in [2.05, 4.69) is 93.7 Å². The Morgan fingerprint density at radius 2 is 0.635 bits per heavy atom. The van der Waals surface area contributed by atoms with Gasteiger partial charge >= 0.3 is 17.9 Å². The van der Waals surface area contributed by atoms with Crippen LogP contribution in [0.3, 0.4) is 0 Å². The topological polar surface area (TPSA) is 78.9 Å². The van der Waals surface area contributed by atoms with Gasteiger partial charge in [-0.15, -0.1) is 0 Å². The molecule has 0 fully saturated rings. The van der Waals surface area contributed by atoms with Crippen LogP contribution in [0.25, 0.3) is 0 Å². The molecule has 0 rings (SSSR count). The van der Waals surface area contributed by atoms with Crippen molar-refractivity contribution in [3.05, 3.63) is 72.9 Å². The molecule has 362 valence electrons. The second-order valence-electron chi connectivity index (χ2n) is 17.5. The quantitative estimate of drug-likeness (QED) is 0.0199. The standard InChI is InChI=1S/C57H98O6/c1-4-7-10-13-16-19-22-25-27-29-31-32-35-38-41-44-47-50-56(59)62-53-54(52-61-55(58)49-46-43-40-37-34-24-21-18-15-12-9-6-3)63-57(60)51-48-45-42-39-36-33-30-28-26-23-20-17-14-11-8-5-2/h18,21,25,27-28,30-33,36,38,41,54H,4-17,19-20,22-24,26,29,34-35,37,39-40,42-53H2,1-3H3/b21-18-,27-25-,30-28-,32-31-,36-33-,41-38-. The number of hydrogen-bond donors (Lipinski definition) is 0. The number of hydrogen-bond acceptors (Lipinski definition) is 6. The van der Waals surface area contributed by atoms with Gasteiger partial charge in [0.05, 0.1) is 0 Å². The third kappa shape index (κ3) is 49.7. The molecular weight excluding hydrogens is 781 g/mol. The van der Waals surface area contributed by atoms with Crippen LogP contribution in [0.4, 0.5) is 0 Å². The molecule has 0 N–H and O–H groups in total. The average molecular weight is 879 g/mol. The van der Waals surface area contributed by atoms with Gasteiger partial charge in [0.25, 0.3) is 0 Å². The molecule has 0 aromatic heterocycles. The number of carbonyl (C=O) groups excluding carboxylic acids is 3. The Kier molecular flexibility index (Phi) is 48.9. The molecule has 0 amide bonds. The fourth-order valence-electron chi connectivity index (χ4n) is 7.15. The summed E-state index contributed by atoms with van der Waals surface area (Å²) < 4.78 is 16.7. The van der Waals surface area contributed by atoms with E-state index in [1.807, 2.05) is 0 Å². The van der Waals surface area contributed by atoms with Crippen molar-refractivity contribution < 1.29 is 28.6 Å². The van der Waals surface area contributed by atoms with Crippen LogP contribution in [0.15, 0.2) is 72.9 Å².